The van der Waals surface area contributed by atoms with E-state index in [9.17, 15) is 4.39 Å². The van der Waals surface area contributed by atoms with E-state index in [0.717, 1.165) is 18.5 Å². The Morgan fingerprint density at radius 1 is 1.17 bits per heavy atom. The van der Waals surface area contributed by atoms with Gasteiger partial charge in [-0.05, 0) is 43.2 Å². The first-order valence-corrected chi connectivity index (χ1v) is 7.07. The van der Waals surface area contributed by atoms with Crippen LogP contribution in [0.15, 0.2) is 36.4 Å². The van der Waals surface area contributed by atoms with Crippen LogP contribution in [-0.2, 0) is 13.0 Å². The van der Waals surface area contributed by atoms with Gasteiger partial charge in [0.1, 0.15) is 5.82 Å². The number of thiophene rings is 1. The molecule has 96 valence electrons. The third kappa shape index (κ3) is 3.40. The van der Waals surface area contributed by atoms with Crippen LogP contribution >= 0.6 is 11.3 Å². The van der Waals surface area contributed by atoms with Crippen molar-refractivity contribution in [2.45, 2.75) is 32.9 Å². The van der Waals surface area contributed by atoms with Crippen LogP contribution in [0.25, 0.3) is 0 Å². The minimum absolute atomic E-state index is 0.183. The summed E-state index contributed by atoms with van der Waals surface area (Å²) in [5.74, 6) is -0.183. The topological polar surface area (TPSA) is 12.0 Å². The molecular weight excluding hydrogens is 245 g/mol. The van der Waals surface area contributed by atoms with Crippen LogP contribution in [0.5, 0.6) is 0 Å². The molecule has 1 heterocycles. The molecular formula is C15H18FNS. The van der Waals surface area contributed by atoms with Crippen molar-refractivity contribution in [1.82, 2.24) is 5.32 Å². The quantitative estimate of drug-likeness (QED) is 0.848. The number of rotatable bonds is 5. The van der Waals surface area contributed by atoms with E-state index in [2.05, 4.69) is 31.3 Å². The van der Waals surface area contributed by atoms with Crippen molar-refractivity contribution in [2.24, 2.45) is 0 Å². The molecule has 3 heteroatoms. The number of hydrogen-bond donors (Lipinski definition) is 1. The van der Waals surface area contributed by atoms with E-state index >= 15 is 0 Å². The lowest BCUT2D eigenvalue weighted by molar-refractivity contribution is 0.580. The van der Waals surface area contributed by atoms with Gasteiger partial charge in [0.2, 0.25) is 0 Å². The molecule has 0 saturated heterocycles. The third-order valence-corrected chi connectivity index (χ3v) is 4.40. The minimum Gasteiger partial charge on any atom is -0.305 e. The normalized spacial score (nSPS) is 12.6. The van der Waals surface area contributed by atoms with Gasteiger partial charge in [0.15, 0.2) is 0 Å². The maximum Gasteiger partial charge on any atom is 0.123 e. The third-order valence-electron chi connectivity index (χ3n) is 2.98. The van der Waals surface area contributed by atoms with Crippen LogP contribution in [0.2, 0.25) is 0 Å². The van der Waals surface area contributed by atoms with Gasteiger partial charge < -0.3 is 5.32 Å². The average Bonchev–Trinajstić information content (AvgIpc) is 2.86. The zero-order valence-corrected chi connectivity index (χ0v) is 11.6. The second kappa shape index (κ2) is 6.12. The molecule has 0 saturated carbocycles. The van der Waals surface area contributed by atoms with E-state index in [0.29, 0.717) is 6.04 Å². The van der Waals surface area contributed by atoms with Crippen LogP contribution in [0, 0.1) is 5.82 Å². The zero-order valence-electron chi connectivity index (χ0n) is 10.7. The summed E-state index contributed by atoms with van der Waals surface area (Å²) in [4.78, 5) is 2.77. The largest absolute Gasteiger partial charge is 0.305 e. The Balaban J connectivity index is 1.91. The highest BCUT2D eigenvalue weighted by molar-refractivity contribution is 7.12. The number of halogens is 1. The Morgan fingerprint density at radius 3 is 2.50 bits per heavy atom. The fraction of sp³-hybridized carbons (Fsp3) is 0.333. The van der Waals surface area contributed by atoms with Gasteiger partial charge in [-0.2, -0.15) is 0 Å². The van der Waals surface area contributed by atoms with Crippen molar-refractivity contribution in [1.29, 1.82) is 0 Å². The van der Waals surface area contributed by atoms with Crippen molar-refractivity contribution < 1.29 is 4.39 Å². The minimum atomic E-state index is -0.183. The van der Waals surface area contributed by atoms with Gasteiger partial charge in [-0.15, -0.1) is 11.3 Å². The predicted octanol–water partition coefficient (Wildman–Crippen LogP) is 4.30. The number of aryl methyl sites for hydroxylation is 1. The molecule has 2 rings (SSSR count). The molecule has 0 amide bonds. The Hall–Kier alpha value is -1.19. The molecule has 18 heavy (non-hydrogen) atoms. The summed E-state index contributed by atoms with van der Waals surface area (Å²) in [6, 6.07) is 11.4. The predicted molar refractivity (Wildman–Crippen MR) is 75.4 cm³/mol. The molecule has 1 N–H and O–H groups in total. The summed E-state index contributed by atoms with van der Waals surface area (Å²) in [6.07, 6.45) is 1.09. The Kier molecular flexibility index (Phi) is 4.50. The van der Waals surface area contributed by atoms with E-state index < -0.39 is 0 Å². The van der Waals surface area contributed by atoms with Gasteiger partial charge in [0.05, 0.1) is 0 Å². The van der Waals surface area contributed by atoms with Gasteiger partial charge >= 0.3 is 0 Å². The van der Waals surface area contributed by atoms with E-state index in [1.54, 1.807) is 0 Å². The molecule has 0 aliphatic carbocycles. The first-order chi connectivity index (χ1) is 8.69. The highest BCUT2D eigenvalue weighted by Gasteiger charge is 2.07. The highest BCUT2D eigenvalue weighted by atomic mass is 32.1. The first kappa shape index (κ1) is 13.2. The van der Waals surface area contributed by atoms with Crippen molar-refractivity contribution in [3.05, 3.63) is 57.5 Å². The van der Waals surface area contributed by atoms with Gasteiger partial charge in [-0.1, -0.05) is 19.1 Å². The molecule has 1 nitrogen and oxygen atoms in total. The van der Waals surface area contributed by atoms with Crippen molar-refractivity contribution in [3.8, 4) is 0 Å². The lowest BCUT2D eigenvalue weighted by atomic mass is 10.2. The molecule has 1 aromatic carbocycles. The Bertz CT molecular complexity index is 489. The van der Waals surface area contributed by atoms with Gasteiger partial charge in [-0.3, -0.25) is 0 Å². The second-order valence-corrected chi connectivity index (χ2v) is 5.59. The van der Waals surface area contributed by atoms with Crippen molar-refractivity contribution in [2.75, 3.05) is 0 Å². The summed E-state index contributed by atoms with van der Waals surface area (Å²) in [5, 5.41) is 3.46. The van der Waals surface area contributed by atoms with Crippen LogP contribution < -0.4 is 5.32 Å². The molecule has 0 spiro atoms. The molecule has 0 fully saturated rings. The monoisotopic (exact) mass is 263 g/mol. The van der Waals surface area contributed by atoms with Crippen LogP contribution in [0.3, 0.4) is 0 Å². The first-order valence-electron chi connectivity index (χ1n) is 6.25. The molecule has 2 aromatic rings. The van der Waals surface area contributed by atoms with Crippen LogP contribution in [0.1, 0.15) is 35.2 Å². The summed E-state index contributed by atoms with van der Waals surface area (Å²) in [7, 11) is 0. The number of nitrogens with one attached hydrogen (secondary N) is 1. The van der Waals surface area contributed by atoms with E-state index in [1.165, 1.54) is 21.9 Å². The standard InChI is InChI=1S/C15H18FNS/c1-3-14-8-9-15(18-14)11(2)17-10-12-4-6-13(16)7-5-12/h4-9,11,17H,3,10H2,1-2H3. The lowest BCUT2D eigenvalue weighted by Gasteiger charge is -2.12. The van der Waals surface area contributed by atoms with Crippen LogP contribution in [-0.4, -0.2) is 0 Å². The van der Waals surface area contributed by atoms with Crippen molar-refractivity contribution in [3.63, 3.8) is 0 Å². The summed E-state index contributed by atoms with van der Waals surface area (Å²) >= 11 is 1.86. The molecule has 1 aromatic heterocycles. The van der Waals surface area contributed by atoms with Gasteiger partial charge in [0.25, 0.3) is 0 Å². The average molecular weight is 263 g/mol. The molecule has 0 aliphatic rings. The highest BCUT2D eigenvalue weighted by Crippen LogP contribution is 2.23. The van der Waals surface area contributed by atoms with Crippen molar-refractivity contribution >= 4 is 11.3 Å². The Labute approximate surface area is 112 Å². The summed E-state index contributed by atoms with van der Waals surface area (Å²) in [6.45, 7) is 5.10. The SMILES string of the molecule is CCc1ccc(C(C)NCc2ccc(F)cc2)s1. The van der Waals surface area contributed by atoms with Crippen LogP contribution in [0.4, 0.5) is 4.39 Å². The molecule has 1 unspecified atom stereocenters. The van der Waals surface area contributed by atoms with E-state index in [1.807, 2.05) is 23.5 Å². The second-order valence-electron chi connectivity index (χ2n) is 4.39. The lowest BCUT2D eigenvalue weighted by Crippen LogP contribution is -2.17. The molecule has 0 radical (unpaired) electrons. The number of hydrogen-bond acceptors (Lipinski definition) is 2. The number of benzene rings is 1. The summed E-state index contributed by atoms with van der Waals surface area (Å²) < 4.78 is 12.8. The van der Waals surface area contributed by atoms with E-state index in [4.69, 9.17) is 0 Å². The molecule has 1 atom stereocenters. The van der Waals surface area contributed by atoms with E-state index in [-0.39, 0.29) is 5.82 Å². The fourth-order valence-corrected chi connectivity index (χ4v) is 2.77. The molecule has 0 aliphatic heterocycles. The zero-order chi connectivity index (χ0) is 13.0. The summed E-state index contributed by atoms with van der Waals surface area (Å²) in [5.41, 5.74) is 1.11. The van der Waals surface area contributed by atoms with Gasteiger partial charge in [-0.25, -0.2) is 4.39 Å². The smallest absolute Gasteiger partial charge is 0.123 e. The maximum atomic E-state index is 12.8. The Morgan fingerprint density at radius 2 is 1.89 bits per heavy atom. The maximum absolute atomic E-state index is 12.8. The molecule has 0 bridgehead atoms. The fourth-order valence-electron chi connectivity index (χ4n) is 1.79. The van der Waals surface area contributed by atoms with Gasteiger partial charge in [0, 0.05) is 22.3 Å².